The van der Waals surface area contributed by atoms with Crippen LogP contribution in [0.4, 0.5) is 0 Å². The van der Waals surface area contributed by atoms with Gasteiger partial charge in [-0.15, -0.1) is 0 Å². The fraction of sp³-hybridized carbons (Fsp3) is 0.444. The van der Waals surface area contributed by atoms with E-state index in [0.717, 1.165) is 15.9 Å². The van der Waals surface area contributed by atoms with Crippen LogP contribution < -0.4 is 0 Å². The lowest BCUT2D eigenvalue weighted by atomic mass is 10.1. The van der Waals surface area contributed by atoms with Crippen LogP contribution in [0.25, 0.3) is 0 Å². The summed E-state index contributed by atoms with van der Waals surface area (Å²) in [5, 5.41) is 7.10. The molecule has 0 aromatic carbocycles. The van der Waals surface area contributed by atoms with Gasteiger partial charge in [-0.3, -0.25) is 19.7 Å². The first kappa shape index (κ1) is 18.6. The van der Waals surface area contributed by atoms with E-state index in [2.05, 4.69) is 31.1 Å². The molecule has 0 unspecified atom stereocenters. The van der Waals surface area contributed by atoms with Gasteiger partial charge in [0.15, 0.2) is 5.69 Å². The summed E-state index contributed by atoms with van der Waals surface area (Å²) in [7, 11) is 0. The molecule has 3 rings (SSSR count). The molecule has 0 spiro atoms. The van der Waals surface area contributed by atoms with Crippen molar-refractivity contribution < 1.29 is 9.59 Å². The largest absolute Gasteiger partial charge is 0.339 e. The molecule has 2 amide bonds. The Kier molecular flexibility index (Phi) is 5.70. The summed E-state index contributed by atoms with van der Waals surface area (Å²) in [5.41, 5.74) is 2.08. The lowest BCUT2D eigenvalue weighted by Crippen LogP contribution is -2.51. The number of amides is 2. The van der Waals surface area contributed by atoms with Crippen molar-refractivity contribution in [1.29, 1.82) is 0 Å². The number of halogens is 1. The Hall–Kier alpha value is -2.22. The van der Waals surface area contributed by atoms with Crippen molar-refractivity contribution in [2.75, 3.05) is 26.2 Å². The summed E-state index contributed by atoms with van der Waals surface area (Å²) in [6.45, 7) is 6.14. The van der Waals surface area contributed by atoms with E-state index in [1.807, 2.05) is 32.0 Å². The second-order valence-electron chi connectivity index (χ2n) is 6.63. The molecule has 0 atom stereocenters. The highest BCUT2D eigenvalue weighted by Gasteiger charge is 2.28. The van der Waals surface area contributed by atoms with Crippen molar-refractivity contribution in [1.82, 2.24) is 25.0 Å². The fourth-order valence-electron chi connectivity index (χ4n) is 2.94. The summed E-state index contributed by atoms with van der Waals surface area (Å²) < 4.78 is 0.728. The van der Waals surface area contributed by atoms with Gasteiger partial charge < -0.3 is 9.80 Å². The van der Waals surface area contributed by atoms with E-state index in [0.29, 0.717) is 31.9 Å². The SMILES string of the molecule is CC(C)c1[nH]nc(C(=O)N2CCN(C(=O)Cc3ccccn3)CC2)c1Br. The minimum absolute atomic E-state index is 0.0406. The zero-order valence-electron chi connectivity index (χ0n) is 14.9. The summed E-state index contributed by atoms with van der Waals surface area (Å²) in [6.07, 6.45) is 1.98. The molecule has 1 fully saturated rings. The molecular weight excluding hydrogens is 398 g/mol. The van der Waals surface area contributed by atoms with E-state index in [1.54, 1.807) is 16.0 Å². The van der Waals surface area contributed by atoms with Crippen LogP contribution in [0.2, 0.25) is 0 Å². The molecule has 1 aliphatic heterocycles. The maximum Gasteiger partial charge on any atom is 0.275 e. The molecule has 2 aromatic heterocycles. The van der Waals surface area contributed by atoms with Gasteiger partial charge in [0.1, 0.15) is 0 Å². The highest BCUT2D eigenvalue weighted by Crippen LogP contribution is 2.26. The van der Waals surface area contributed by atoms with E-state index < -0.39 is 0 Å². The van der Waals surface area contributed by atoms with Gasteiger partial charge in [0.2, 0.25) is 5.91 Å². The average Bonchev–Trinajstić information content (AvgIpc) is 3.04. The Bertz CT molecular complexity index is 782. The van der Waals surface area contributed by atoms with Crippen molar-refractivity contribution >= 4 is 27.7 Å². The predicted octanol–water partition coefficient (Wildman–Crippen LogP) is 2.22. The van der Waals surface area contributed by atoms with Crippen molar-refractivity contribution in [3.63, 3.8) is 0 Å². The molecule has 1 N–H and O–H groups in total. The van der Waals surface area contributed by atoms with Gasteiger partial charge in [-0.2, -0.15) is 5.10 Å². The summed E-state index contributed by atoms with van der Waals surface area (Å²) in [6, 6.07) is 5.55. The third-order valence-corrected chi connectivity index (χ3v) is 5.29. The Labute approximate surface area is 160 Å². The van der Waals surface area contributed by atoms with Gasteiger partial charge in [0, 0.05) is 38.1 Å². The molecule has 1 aliphatic rings. The number of H-pyrrole nitrogens is 1. The van der Waals surface area contributed by atoms with Crippen molar-refractivity contribution in [3.05, 3.63) is 46.0 Å². The number of aromatic amines is 1. The molecule has 0 saturated carbocycles. The van der Waals surface area contributed by atoms with E-state index >= 15 is 0 Å². The fourth-order valence-corrected chi connectivity index (χ4v) is 3.75. The van der Waals surface area contributed by atoms with Gasteiger partial charge in [0.25, 0.3) is 5.91 Å². The normalized spacial score (nSPS) is 14.8. The van der Waals surface area contributed by atoms with Gasteiger partial charge in [0.05, 0.1) is 16.6 Å². The highest BCUT2D eigenvalue weighted by atomic mass is 79.9. The summed E-state index contributed by atoms with van der Waals surface area (Å²) in [4.78, 5) is 32.9. The topological polar surface area (TPSA) is 82.2 Å². The first-order valence-corrected chi connectivity index (χ1v) is 9.47. The summed E-state index contributed by atoms with van der Waals surface area (Å²) in [5.74, 6) is 0.176. The molecule has 26 heavy (non-hydrogen) atoms. The molecule has 138 valence electrons. The van der Waals surface area contributed by atoms with Crippen molar-refractivity contribution in [2.45, 2.75) is 26.2 Å². The van der Waals surface area contributed by atoms with Crippen LogP contribution >= 0.6 is 15.9 Å². The Morgan fingerprint density at radius 1 is 1.19 bits per heavy atom. The van der Waals surface area contributed by atoms with Gasteiger partial charge in [-0.1, -0.05) is 19.9 Å². The van der Waals surface area contributed by atoms with E-state index in [1.165, 1.54) is 0 Å². The molecule has 1 saturated heterocycles. The first-order chi connectivity index (χ1) is 12.5. The molecule has 7 nitrogen and oxygen atoms in total. The maximum atomic E-state index is 12.7. The van der Waals surface area contributed by atoms with Crippen LogP contribution in [0, 0.1) is 0 Å². The standard InChI is InChI=1S/C18H22BrN5O2/c1-12(2)16-15(19)17(22-21-16)18(26)24-9-7-23(8-10-24)14(25)11-13-5-3-4-6-20-13/h3-6,12H,7-11H2,1-2H3,(H,21,22). The molecular formula is C18H22BrN5O2. The van der Waals surface area contributed by atoms with Crippen LogP contribution in [0.15, 0.2) is 28.9 Å². The van der Waals surface area contributed by atoms with Gasteiger partial charge in [-0.25, -0.2) is 0 Å². The van der Waals surface area contributed by atoms with E-state index in [4.69, 9.17) is 0 Å². The molecule has 0 aliphatic carbocycles. The number of hydrogen-bond acceptors (Lipinski definition) is 4. The number of piperazine rings is 1. The lowest BCUT2D eigenvalue weighted by molar-refractivity contribution is -0.132. The number of pyridine rings is 1. The van der Waals surface area contributed by atoms with Crippen LogP contribution in [0.5, 0.6) is 0 Å². The molecule has 2 aromatic rings. The Morgan fingerprint density at radius 2 is 1.88 bits per heavy atom. The maximum absolute atomic E-state index is 12.7. The third kappa shape index (κ3) is 3.95. The van der Waals surface area contributed by atoms with E-state index in [-0.39, 0.29) is 24.2 Å². The van der Waals surface area contributed by atoms with Crippen LogP contribution in [0.1, 0.15) is 41.6 Å². The smallest absolute Gasteiger partial charge is 0.275 e. The monoisotopic (exact) mass is 419 g/mol. The molecule has 8 heteroatoms. The predicted molar refractivity (Wildman–Crippen MR) is 101 cm³/mol. The molecule has 0 radical (unpaired) electrons. The van der Waals surface area contributed by atoms with Crippen LogP contribution in [-0.2, 0) is 11.2 Å². The zero-order chi connectivity index (χ0) is 18.7. The second kappa shape index (κ2) is 7.99. The zero-order valence-corrected chi connectivity index (χ0v) is 16.5. The quantitative estimate of drug-likeness (QED) is 0.823. The number of nitrogens with zero attached hydrogens (tertiary/aromatic N) is 4. The van der Waals surface area contributed by atoms with Crippen LogP contribution in [-0.4, -0.2) is 63.0 Å². The highest BCUT2D eigenvalue weighted by molar-refractivity contribution is 9.10. The number of carbonyl (C=O) groups is 2. The van der Waals surface area contributed by atoms with Gasteiger partial charge in [-0.05, 0) is 34.0 Å². The number of aromatic nitrogens is 3. The van der Waals surface area contributed by atoms with Crippen molar-refractivity contribution in [2.24, 2.45) is 0 Å². The Morgan fingerprint density at radius 3 is 2.46 bits per heavy atom. The lowest BCUT2D eigenvalue weighted by Gasteiger charge is -2.34. The first-order valence-electron chi connectivity index (χ1n) is 8.68. The Balaban J connectivity index is 1.58. The minimum Gasteiger partial charge on any atom is -0.339 e. The number of rotatable bonds is 4. The number of carbonyl (C=O) groups excluding carboxylic acids is 2. The molecule has 0 bridgehead atoms. The van der Waals surface area contributed by atoms with Crippen molar-refractivity contribution in [3.8, 4) is 0 Å². The minimum atomic E-state index is -0.114. The number of nitrogens with one attached hydrogen (secondary N) is 1. The summed E-state index contributed by atoms with van der Waals surface area (Å²) >= 11 is 3.48. The van der Waals surface area contributed by atoms with Gasteiger partial charge >= 0.3 is 0 Å². The molecule has 3 heterocycles. The second-order valence-corrected chi connectivity index (χ2v) is 7.42. The number of hydrogen-bond donors (Lipinski definition) is 1. The third-order valence-electron chi connectivity index (χ3n) is 4.49. The average molecular weight is 420 g/mol. The van der Waals surface area contributed by atoms with E-state index in [9.17, 15) is 9.59 Å². The van der Waals surface area contributed by atoms with Crippen LogP contribution in [0.3, 0.4) is 0 Å².